The van der Waals surface area contributed by atoms with Crippen LogP contribution in [0.1, 0.15) is 11.1 Å². The van der Waals surface area contributed by atoms with Gasteiger partial charge in [-0.3, -0.25) is 0 Å². The molecule has 0 unspecified atom stereocenters. The monoisotopic (exact) mass is 339 g/mol. The van der Waals surface area contributed by atoms with Crippen LogP contribution in [0.3, 0.4) is 0 Å². The predicted octanol–water partition coefficient (Wildman–Crippen LogP) is 4.32. The molecule has 0 aliphatic heterocycles. The highest BCUT2D eigenvalue weighted by molar-refractivity contribution is 9.10. The van der Waals surface area contributed by atoms with Crippen LogP contribution in [-0.2, 0) is 0 Å². The SMILES string of the molecule is Cc1cc(Br)ccc1Oc1ccc(F)cc1C(N)=S. The second-order valence-corrected chi connectivity index (χ2v) is 5.37. The Morgan fingerprint density at radius 1 is 1.21 bits per heavy atom. The maximum atomic E-state index is 13.2. The van der Waals surface area contributed by atoms with Gasteiger partial charge in [0.1, 0.15) is 22.3 Å². The van der Waals surface area contributed by atoms with Gasteiger partial charge in [-0.05, 0) is 48.9 Å². The second-order valence-electron chi connectivity index (χ2n) is 4.02. The largest absolute Gasteiger partial charge is 0.456 e. The normalized spacial score (nSPS) is 10.3. The van der Waals surface area contributed by atoms with Gasteiger partial charge in [-0.2, -0.15) is 0 Å². The number of ether oxygens (including phenoxy) is 1. The van der Waals surface area contributed by atoms with Crippen LogP contribution in [0.15, 0.2) is 40.9 Å². The molecule has 19 heavy (non-hydrogen) atoms. The Labute approximate surface area is 124 Å². The van der Waals surface area contributed by atoms with Gasteiger partial charge >= 0.3 is 0 Å². The summed E-state index contributed by atoms with van der Waals surface area (Å²) >= 11 is 8.29. The van der Waals surface area contributed by atoms with Crippen molar-refractivity contribution in [1.29, 1.82) is 0 Å². The van der Waals surface area contributed by atoms with Crippen LogP contribution in [0.4, 0.5) is 4.39 Å². The molecule has 5 heteroatoms. The molecule has 2 aromatic carbocycles. The Morgan fingerprint density at radius 2 is 1.89 bits per heavy atom. The third kappa shape index (κ3) is 3.30. The topological polar surface area (TPSA) is 35.2 Å². The van der Waals surface area contributed by atoms with Crippen LogP contribution in [-0.4, -0.2) is 4.99 Å². The number of aryl methyl sites for hydroxylation is 1. The molecule has 0 fully saturated rings. The fraction of sp³-hybridized carbons (Fsp3) is 0.0714. The number of hydrogen-bond acceptors (Lipinski definition) is 2. The van der Waals surface area contributed by atoms with Gasteiger partial charge in [0.2, 0.25) is 0 Å². The molecule has 0 amide bonds. The van der Waals surface area contributed by atoms with Crippen molar-refractivity contribution in [1.82, 2.24) is 0 Å². The van der Waals surface area contributed by atoms with Crippen LogP contribution in [0.25, 0.3) is 0 Å². The van der Waals surface area contributed by atoms with Gasteiger partial charge in [-0.15, -0.1) is 0 Å². The Bertz CT molecular complexity index is 645. The van der Waals surface area contributed by atoms with E-state index >= 15 is 0 Å². The van der Waals surface area contributed by atoms with E-state index in [9.17, 15) is 4.39 Å². The summed E-state index contributed by atoms with van der Waals surface area (Å²) in [6, 6.07) is 9.72. The van der Waals surface area contributed by atoms with E-state index in [0.717, 1.165) is 10.0 Å². The summed E-state index contributed by atoms with van der Waals surface area (Å²) in [5.41, 5.74) is 6.91. The third-order valence-electron chi connectivity index (χ3n) is 2.56. The first-order valence-corrected chi connectivity index (χ1v) is 6.71. The number of nitrogens with two attached hydrogens (primary N) is 1. The molecule has 0 atom stereocenters. The van der Waals surface area contributed by atoms with Crippen molar-refractivity contribution >= 4 is 33.1 Å². The lowest BCUT2D eigenvalue weighted by molar-refractivity contribution is 0.476. The third-order valence-corrected chi connectivity index (χ3v) is 3.28. The molecule has 2 rings (SSSR count). The van der Waals surface area contributed by atoms with Gasteiger partial charge < -0.3 is 10.5 Å². The lowest BCUT2D eigenvalue weighted by atomic mass is 10.2. The minimum atomic E-state index is -0.400. The smallest absolute Gasteiger partial charge is 0.137 e. The highest BCUT2D eigenvalue weighted by atomic mass is 79.9. The predicted molar refractivity (Wildman–Crippen MR) is 81.2 cm³/mol. The van der Waals surface area contributed by atoms with Crippen molar-refractivity contribution in [2.24, 2.45) is 5.73 Å². The van der Waals surface area contributed by atoms with E-state index in [1.807, 2.05) is 25.1 Å². The maximum absolute atomic E-state index is 13.2. The Balaban J connectivity index is 2.40. The lowest BCUT2D eigenvalue weighted by Crippen LogP contribution is -2.11. The molecule has 0 aromatic heterocycles. The number of halogens is 2. The van der Waals surface area contributed by atoms with E-state index in [1.165, 1.54) is 18.2 Å². The quantitative estimate of drug-likeness (QED) is 0.845. The molecular weight excluding hydrogens is 329 g/mol. The lowest BCUT2D eigenvalue weighted by Gasteiger charge is -2.12. The van der Waals surface area contributed by atoms with Gasteiger partial charge in [-0.1, -0.05) is 28.1 Å². The molecule has 0 saturated heterocycles. The first-order valence-electron chi connectivity index (χ1n) is 5.51. The molecular formula is C14H11BrFNOS. The summed E-state index contributed by atoms with van der Waals surface area (Å²) in [5, 5.41) is 0. The van der Waals surface area contributed by atoms with Gasteiger partial charge in [0.25, 0.3) is 0 Å². The molecule has 0 heterocycles. The summed E-state index contributed by atoms with van der Waals surface area (Å²) in [6.45, 7) is 1.92. The zero-order valence-corrected chi connectivity index (χ0v) is 12.5. The molecule has 0 spiro atoms. The highest BCUT2D eigenvalue weighted by Gasteiger charge is 2.10. The van der Waals surface area contributed by atoms with Crippen LogP contribution in [0, 0.1) is 12.7 Å². The van der Waals surface area contributed by atoms with Crippen molar-refractivity contribution in [3.8, 4) is 11.5 Å². The number of rotatable bonds is 3. The second kappa shape index (κ2) is 5.67. The van der Waals surface area contributed by atoms with E-state index in [2.05, 4.69) is 15.9 Å². The number of benzene rings is 2. The van der Waals surface area contributed by atoms with Crippen LogP contribution in [0.5, 0.6) is 11.5 Å². The van der Waals surface area contributed by atoms with Crippen molar-refractivity contribution < 1.29 is 9.13 Å². The minimum Gasteiger partial charge on any atom is -0.456 e. The average molecular weight is 340 g/mol. The summed E-state index contributed by atoms with van der Waals surface area (Å²) in [6.07, 6.45) is 0. The number of hydrogen-bond donors (Lipinski definition) is 1. The maximum Gasteiger partial charge on any atom is 0.137 e. The molecule has 0 aliphatic rings. The molecule has 98 valence electrons. The average Bonchev–Trinajstić information content (AvgIpc) is 2.34. The van der Waals surface area contributed by atoms with Crippen LogP contribution in [0.2, 0.25) is 0 Å². The van der Waals surface area contributed by atoms with E-state index in [0.29, 0.717) is 17.1 Å². The highest BCUT2D eigenvalue weighted by Crippen LogP contribution is 2.30. The van der Waals surface area contributed by atoms with Crippen molar-refractivity contribution in [3.63, 3.8) is 0 Å². The molecule has 0 bridgehead atoms. The fourth-order valence-corrected chi connectivity index (χ4v) is 2.26. The zero-order valence-electron chi connectivity index (χ0n) is 10.1. The van der Waals surface area contributed by atoms with Crippen molar-refractivity contribution in [3.05, 3.63) is 57.8 Å². The van der Waals surface area contributed by atoms with E-state index in [1.54, 1.807) is 0 Å². The standard InChI is InChI=1S/C14H11BrFNOS/c1-8-6-9(15)2-4-12(8)18-13-5-3-10(16)7-11(13)14(17)19/h2-7H,1H3,(H2,17,19). The van der Waals surface area contributed by atoms with E-state index in [4.69, 9.17) is 22.7 Å². The first-order chi connectivity index (χ1) is 8.97. The Kier molecular flexibility index (Phi) is 4.17. The summed E-state index contributed by atoms with van der Waals surface area (Å²) < 4.78 is 19.9. The van der Waals surface area contributed by atoms with E-state index in [-0.39, 0.29) is 4.99 Å². The minimum absolute atomic E-state index is 0.101. The van der Waals surface area contributed by atoms with Gasteiger partial charge in [-0.25, -0.2) is 4.39 Å². The van der Waals surface area contributed by atoms with Gasteiger partial charge in [0, 0.05) is 4.47 Å². The van der Waals surface area contributed by atoms with Crippen molar-refractivity contribution in [2.75, 3.05) is 0 Å². The van der Waals surface area contributed by atoms with Gasteiger partial charge in [0.15, 0.2) is 0 Å². The molecule has 2 N–H and O–H groups in total. The zero-order chi connectivity index (χ0) is 14.0. The summed E-state index contributed by atoms with van der Waals surface area (Å²) in [7, 11) is 0. The van der Waals surface area contributed by atoms with Crippen LogP contribution < -0.4 is 10.5 Å². The van der Waals surface area contributed by atoms with Crippen LogP contribution >= 0.6 is 28.1 Å². The summed E-state index contributed by atoms with van der Waals surface area (Å²) in [5.74, 6) is 0.717. The molecule has 0 saturated carbocycles. The fourth-order valence-electron chi connectivity index (χ4n) is 1.63. The molecule has 0 radical (unpaired) electrons. The first kappa shape index (κ1) is 14.0. The van der Waals surface area contributed by atoms with Gasteiger partial charge in [0.05, 0.1) is 5.56 Å². The molecule has 0 aliphatic carbocycles. The molecule has 2 aromatic rings. The molecule has 2 nitrogen and oxygen atoms in total. The van der Waals surface area contributed by atoms with E-state index < -0.39 is 5.82 Å². The number of thiocarbonyl (C=S) groups is 1. The Hall–Kier alpha value is -1.46. The Morgan fingerprint density at radius 3 is 2.53 bits per heavy atom. The summed E-state index contributed by atoms with van der Waals surface area (Å²) in [4.78, 5) is 0.101. The van der Waals surface area contributed by atoms with Crippen molar-refractivity contribution in [2.45, 2.75) is 6.92 Å².